The summed E-state index contributed by atoms with van der Waals surface area (Å²) in [4.78, 5) is 27.0. The summed E-state index contributed by atoms with van der Waals surface area (Å²) in [5.41, 5.74) is 1.80. The number of ketones is 1. The molecule has 1 atom stereocenters. The molecule has 0 aromatic heterocycles. The molecule has 130 valence electrons. The number of hydrogen-bond acceptors (Lipinski definition) is 3. The zero-order valence-corrected chi connectivity index (χ0v) is 14.5. The second-order valence-electron chi connectivity index (χ2n) is 6.39. The largest absolute Gasteiger partial charge is 0.493 e. The van der Waals surface area contributed by atoms with Crippen LogP contribution in [0.2, 0.25) is 0 Å². The summed E-state index contributed by atoms with van der Waals surface area (Å²) in [6.07, 6.45) is 1.89. The molecule has 25 heavy (non-hydrogen) atoms. The van der Waals surface area contributed by atoms with Crippen LogP contribution in [-0.4, -0.2) is 35.8 Å². The predicted octanol–water partition coefficient (Wildman–Crippen LogP) is 3.64. The van der Waals surface area contributed by atoms with E-state index in [1.807, 2.05) is 61.5 Å². The average molecular weight is 337 g/mol. The Kier molecular flexibility index (Phi) is 5.49. The van der Waals surface area contributed by atoms with E-state index in [-0.39, 0.29) is 24.2 Å². The fourth-order valence-electron chi connectivity index (χ4n) is 3.16. The maximum absolute atomic E-state index is 12.7. The molecule has 1 unspecified atom stereocenters. The molecule has 0 radical (unpaired) electrons. The lowest BCUT2D eigenvalue weighted by Gasteiger charge is -2.24. The molecule has 1 amide bonds. The van der Waals surface area contributed by atoms with E-state index < -0.39 is 0 Å². The lowest BCUT2D eigenvalue weighted by molar-refractivity contribution is -0.131. The fraction of sp³-hybridized carbons (Fsp3) is 0.333. The smallest absolute Gasteiger partial charge is 0.226 e. The van der Waals surface area contributed by atoms with Crippen molar-refractivity contribution < 1.29 is 14.3 Å². The van der Waals surface area contributed by atoms with Crippen molar-refractivity contribution in [1.82, 2.24) is 4.90 Å². The number of benzene rings is 2. The molecule has 0 aliphatic carbocycles. The second-order valence-corrected chi connectivity index (χ2v) is 6.39. The van der Waals surface area contributed by atoms with Crippen molar-refractivity contribution in [3.63, 3.8) is 0 Å². The lowest BCUT2D eigenvalue weighted by atomic mass is 10.0. The van der Waals surface area contributed by atoms with Crippen molar-refractivity contribution in [2.75, 3.05) is 13.2 Å². The first kappa shape index (κ1) is 17.2. The van der Waals surface area contributed by atoms with Crippen molar-refractivity contribution in [2.24, 2.45) is 0 Å². The van der Waals surface area contributed by atoms with Crippen LogP contribution in [0.5, 0.6) is 5.75 Å². The maximum atomic E-state index is 12.7. The van der Waals surface area contributed by atoms with Crippen LogP contribution in [0.25, 0.3) is 0 Å². The highest BCUT2D eigenvalue weighted by Crippen LogP contribution is 2.22. The molecule has 1 fully saturated rings. The number of carbonyl (C=O) groups is 2. The minimum absolute atomic E-state index is 0.0149. The van der Waals surface area contributed by atoms with Gasteiger partial charge in [0.1, 0.15) is 5.75 Å². The summed E-state index contributed by atoms with van der Waals surface area (Å²) in [5, 5.41) is 0. The monoisotopic (exact) mass is 337 g/mol. The van der Waals surface area contributed by atoms with Gasteiger partial charge in [-0.3, -0.25) is 9.59 Å². The predicted molar refractivity (Wildman–Crippen MR) is 96.8 cm³/mol. The number of Topliss-reactive ketones (excluding diaryl/α,β-unsaturated/α-hetero) is 1. The first-order valence-corrected chi connectivity index (χ1v) is 8.73. The van der Waals surface area contributed by atoms with E-state index in [1.54, 1.807) is 4.90 Å². The quantitative estimate of drug-likeness (QED) is 0.756. The van der Waals surface area contributed by atoms with E-state index in [0.29, 0.717) is 18.7 Å². The van der Waals surface area contributed by atoms with Gasteiger partial charge in [0.25, 0.3) is 0 Å². The maximum Gasteiger partial charge on any atom is 0.226 e. The number of rotatable bonds is 6. The molecule has 1 heterocycles. The zero-order chi connectivity index (χ0) is 17.6. The van der Waals surface area contributed by atoms with Crippen molar-refractivity contribution in [3.05, 3.63) is 65.7 Å². The van der Waals surface area contributed by atoms with Crippen molar-refractivity contribution in [1.29, 1.82) is 0 Å². The Labute approximate surface area is 148 Å². The number of ether oxygens (including phenoxy) is 1. The van der Waals surface area contributed by atoms with Crippen molar-refractivity contribution in [3.8, 4) is 5.75 Å². The Morgan fingerprint density at radius 2 is 1.80 bits per heavy atom. The molecule has 0 spiro atoms. The van der Waals surface area contributed by atoms with Gasteiger partial charge in [-0.15, -0.1) is 0 Å². The van der Waals surface area contributed by atoms with Gasteiger partial charge in [0, 0.05) is 12.1 Å². The Morgan fingerprint density at radius 1 is 1.08 bits per heavy atom. The summed E-state index contributed by atoms with van der Waals surface area (Å²) in [6, 6.07) is 16.7. The first-order valence-electron chi connectivity index (χ1n) is 8.73. The number of para-hydroxylation sites is 1. The normalized spacial score (nSPS) is 16.7. The van der Waals surface area contributed by atoms with Gasteiger partial charge >= 0.3 is 0 Å². The molecule has 1 saturated heterocycles. The highest BCUT2D eigenvalue weighted by atomic mass is 16.5. The summed E-state index contributed by atoms with van der Waals surface area (Å²) >= 11 is 0. The molecule has 2 aromatic rings. The van der Waals surface area contributed by atoms with E-state index in [1.165, 1.54) is 0 Å². The van der Waals surface area contributed by atoms with Gasteiger partial charge in [-0.05, 0) is 31.9 Å². The van der Waals surface area contributed by atoms with Gasteiger partial charge in [-0.2, -0.15) is 0 Å². The van der Waals surface area contributed by atoms with Gasteiger partial charge in [0.05, 0.1) is 19.1 Å². The summed E-state index contributed by atoms with van der Waals surface area (Å²) in [6.45, 7) is 2.96. The molecule has 0 saturated carbocycles. The molecule has 3 rings (SSSR count). The number of carbonyl (C=O) groups excluding carboxylic acids is 2. The van der Waals surface area contributed by atoms with Crippen LogP contribution in [0.1, 0.15) is 35.2 Å². The summed E-state index contributed by atoms with van der Waals surface area (Å²) < 4.78 is 5.60. The minimum Gasteiger partial charge on any atom is -0.493 e. The van der Waals surface area contributed by atoms with Crippen molar-refractivity contribution >= 4 is 11.7 Å². The topological polar surface area (TPSA) is 46.6 Å². The highest BCUT2D eigenvalue weighted by Gasteiger charge is 2.34. The number of hydrogen-bond donors (Lipinski definition) is 0. The number of nitrogens with zero attached hydrogens (tertiary/aromatic N) is 1. The molecule has 1 aliphatic heterocycles. The molecular weight excluding hydrogens is 314 g/mol. The first-order chi connectivity index (χ1) is 12.1. The number of amides is 1. The van der Waals surface area contributed by atoms with Gasteiger partial charge in [0.2, 0.25) is 5.91 Å². The lowest BCUT2D eigenvalue weighted by Crippen LogP contribution is -2.41. The third-order valence-electron chi connectivity index (χ3n) is 4.54. The molecule has 4 heteroatoms. The average Bonchev–Trinajstić information content (AvgIpc) is 3.12. The third kappa shape index (κ3) is 4.27. The zero-order valence-electron chi connectivity index (χ0n) is 14.5. The Balaban J connectivity index is 1.57. The van der Waals surface area contributed by atoms with E-state index in [4.69, 9.17) is 4.74 Å². The van der Waals surface area contributed by atoms with E-state index in [9.17, 15) is 9.59 Å². The van der Waals surface area contributed by atoms with Crippen LogP contribution in [0, 0.1) is 6.92 Å². The van der Waals surface area contributed by atoms with Crippen LogP contribution >= 0.6 is 0 Å². The fourth-order valence-corrected chi connectivity index (χ4v) is 3.16. The van der Waals surface area contributed by atoms with Gasteiger partial charge in [0.15, 0.2) is 5.78 Å². The standard InChI is InChI=1S/C21H23NO3/c1-16-9-11-17(12-10-16)21(24)19-8-5-14-22(19)20(23)13-15-25-18-6-3-2-4-7-18/h2-4,6-7,9-12,19H,5,8,13-15H2,1H3. The van der Waals surface area contributed by atoms with Crippen LogP contribution in [-0.2, 0) is 4.79 Å². The summed E-state index contributed by atoms with van der Waals surface area (Å²) in [5.74, 6) is 0.776. The minimum atomic E-state index is -0.341. The molecule has 0 N–H and O–H groups in total. The van der Waals surface area contributed by atoms with Gasteiger partial charge < -0.3 is 9.64 Å². The van der Waals surface area contributed by atoms with Crippen LogP contribution in [0.4, 0.5) is 0 Å². The van der Waals surface area contributed by atoms with Crippen LogP contribution in [0.15, 0.2) is 54.6 Å². The summed E-state index contributed by atoms with van der Waals surface area (Å²) in [7, 11) is 0. The molecule has 1 aliphatic rings. The second kappa shape index (κ2) is 7.97. The van der Waals surface area contributed by atoms with Gasteiger partial charge in [-0.1, -0.05) is 48.0 Å². The third-order valence-corrected chi connectivity index (χ3v) is 4.54. The number of likely N-dealkylation sites (tertiary alicyclic amines) is 1. The van der Waals surface area contributed by atoms with Gasteiger partial charge in [-0.25, -0.2) is 0 Å². The van der Waals surface area contributed by atoms with Crippen LogP contribution in [0.3, 0.4) is 0 Å². The Morgan fingerprint density at radius 3 is 2.52 bits per heavy atom. The molecule has 0 bridgehead atoms. The molecule has 4 nitrogen and oxygen atoms in total. The van der Waals surface area contributed by atoms with E-state index >= 15 is 0 Å². The van der Waals surface area contributed by atoms with E-state index in [2.05, 4.69) is 0 Å². The van der Waals surface area contributed by atoms with Crippen molar-refractivity contribution in [2.45, 2.75) is 32.2 Å². The van der Waals surface area contributed by atoms with Crippen LogP contribution < -0.4 is 4.74 Å². The molecular formula is C21H23NO3. The van der Waals surface area contributed by atoms with E-state index in [0.717, 1.165) is 24.2 Å². The number of aryl methyl sites for hydroxylation is 1. The SMILES string of the molecule is Cc1ccc(C(=O)C2CCCN2C(=O)CCOc2ccccc2)cc1. The molecule has 2 aromatic carbocycles. The Bertz CT molecular complexity index is 725. The Hall–Kier alpha value is -2.62. The highest BCUT2D eigenvalue weighted by molar-refractivity contribution is 6.02.